The van der Waals surface area contributed by atoms with E-state index in [2.05, 4.69) is 20.4 Å². The molecular formula is C15H21N5O2. The predicted molar refractivity (Wildman–Crippen MR) is 80.6 cm³/mol. The van der Waals surface area contributed by atoms with Gasteiger partial charge in [0.15, 0.2) is 0 Å². The Kier molecular flexibility index (Phi) is 4.06. The highest BCUT2D eigenvalue weighted by molar-refractivity contribution is 5.90. The maximum atomic E-state index is 12.1. The van der Waals surface area contributed by atoms with Crippen molar-refractivity contribution in [3.63, 3.8) is 0 Å². The minimum absolute atomic E-state index is 0.0832. The van der Waals surface area contributed by atoms with Crippen LogP contribution < -0.4 is 5.32 Å². The maximum absolute atomic E-state index is 12.1. The summed E-state index contributed by atoms with van der Waals surface area (Å²) in [5, 5.41) is 17.0. The SMILES string of the molecule is Cc1cc(C)n2nc(C(=O)NCC(O)C3CCCC3)nc2n1. The number of nitrogens with one attached hydrogen (secondary N) is 1. The van der Waals surface area contributed by atoms with Crippen LogP contribution in [0.4, 0.5) is 0 Å². The van der Waals surface area contributed by atoms with Gasteiger partial charge >= 0.3 is 0 Å². The summed E-state index contributed by atoms with van der Waals surface area (Å²) in [4.78, 5) is 20.6. The lowest BCUT2D eigenvalue weighted by Crippen LogP contribution is -2.36. The van der Waals surface area contributed by atoms with Gasteiger partial charge in [-0.15, -0.1) is 5.10 Å². The summed E-state index contributed by atoms with van der Waals surface area (Å²) in [6, 6.07) is 1.88. The highest BCUT2D eigenvalue weighted by Crippen LogP contribution is 2.27. The minimum atomic E-state index is -0.495. The van der Waals surface area contributed by atoms with Crippen molar-refractivity contribution in [3.8, 4) is 0 Å². The van der Waals surface area contributed by atoms with Crippen molar-refractivity contribution in [3.05, 3.63) is 23.3 Å². The van der Waals surface area contributed by atoms with Crippen molar-refractivity contribution < 1.29 is 9.90 Å². The van der Waals surface area contributed by atoms with Gasteiger partial charge in [0.25, 0.3) is 11.7 Å². The van der Waals surface area contributed by atoms with Crippen LogP contribution in [0, 0.1) is 19.8 Å². The number of nitrogens with zero attached hydrogens (tertiary/aromatic N) is 4. The summed E-state index contributed by atoms with van der Waals surface area (Å²) in [7, 11) is 0. The number of rotatable bonds is 4. The molecule has 0 radical (unpaired) electrons. The van der Waals surface area contributed by atoms with Crippen molar-refractivity contribution >= 4 is 11.7 Å². The quantitative estimate of drug-likeness (QED) is 0.880. The van der Waals surface area contributed by atoms with Gasteiger partial charge in [0.2, 0.25) is 5.82 Å². The largest absolute Gasteiger partial charge is 0.391 e. The molecule has 0 bridgehead atoms. The molecule has 2 N–H and O–H groups in total. The molecule has 7 heteroatoms. The zero-order valence-electron chi connectivity index (χ0n) is 12.9. The van der Waals surface area contributed by atoms with Crippen molar-refractivity contribution in [2.24, 2.45) is 5.92 Å². The molecule has 2 aromatic rings. The fraction of sp³-hybridized carbons (Fsp3) is 0.600. The van der Waals surface area contributed by atoms with Gasteiger partial charge in [-0.2, -0.15) is 4.98 Å². The summed E-state index contributed by atoms with van der Waals surface area (Å²) in [5.41, 5.74) is 1.71. The first-order valence-electron chi connectivity index (χ1n) is 7.72. The molecule has 1 amide bonds. The third-order valence-corrected chi connectivity index (χ3v) is 4.24. The third kappa shape index (κ3) is 2.94. The van der Waals surface area contributed by atoms with E-state index in [4.69, 9.17) is 0 Å². The molecule has 2 aromatic heterocycles. The van der Waals surface area contributed by atoms with Crippen LogP contribution in [0.25, 0.3) is 5.78 Å². The lowest BCUT2D eigenvalue weighted by Gasteiger charge is -2.17. The number of aryl methyl sites for hydroxylation is 2. The molecule has 1 saturated carbocycles. The predicted octanol–water partition coefficient (Wildman–Crippen LogP) is 1.02. The average Bonchev–Trinajstić information content (AvgIpc) is 3.13. The Labute approximate surface area is 128 Å². The van der Waals surface area contributed by atoms with E-state index < -0.39 is 6.10 Å². The molecule has 1 atom stereocenters. The number of aliphatic hydroxyl groups is 1. The van der Waals surface area contributed by atoms with E-state index >= 15 is 0 Å². The second kappa shape index (κ2) is 6.00. The number of carbonyl (C=O) groups is 1. The number of hydrogen-bond donors (Lipinski definition) is 2. The second-order valence-electron chi connectivity index (χ2n) is 6.01. The molecule has 0 aromatic carbocycles. The number of carbonyl (C=O) groups excluding carboxylic acids is 1. The van der Waals surface area contributed by atoms with Crippen LogP contribution in [0.5, 0.6) is 0 Å². The standard InChI is InChI=1S/C15H21N5O2/c1-9-7-10(2)20-15(17-9)18-13(19-20)14(22)16-8-12(21)11-5-3-4-6-11/h7,11-12,21H,3-6,8H2,1-2H3,(H,16,22). The molecular weight excluding hydrogens is 282 g/mol. The van der Waals surface area contributed by atoms with E-state index in [9.17, 15) is 9.90 Å². The molecule has 0 aliphatic heterocycles. The van der Waals surface area contributed by atoms with Crippen LogP contribution in [0.15, 0.2) is 6.07 Å². The van der Waals surface area contributed by atoms with Gasteiger partial charge < -0.3 is 10.4 Å². The van der Waals surface area contributed by atoms with E-state index in [1.807, 2.05) is 19.9 Å². The Bertz CT molecular complexity index is 691. The van der Waals surface area contributed by atoms with Crippen LogP contribution >= 0.6 is 0 Å². The minimum Gasteiger partial charge on any atom is -0.391 e. The van der Waals surface area contributed by atoms with Crippen molar-refractivity contribution in [1.82, 2.24) is 24.9 Å². The fourth-order valence-electron chi connectivity index (χ4n) is 3.05. The van der Waals surface area contributed by atoms with E-state index in [-0.39, 0.29) is 18.3 Å². The lowest BCUT2D eigenvalue weighted by molar-refractivity contribution is 0.0832. The van der Waals surface area contributed by atoms with E-state index in [0.29, 0.717) is 11.7 Å². The van der Waals surface area contributed by atoms with Crippen LogP contribution in [-0.2, 0) is 0 Å². The van der Waals surface area contributed by atoms with Crippen molar-refractivity contribution in [2.45, 2.75) is 45.6 Å². The fourth-order valence-corrected chi connectivity index (χ4v) is 3.05. The normalized spacial score (nSPS) is 17.0. The zero-order chi connectivity index (χ0) is 15.7. The summed E-state index contributed by atoms with van der Waals surface area (Å²) >= 11 is 0. The van der Waals surface area contributed by atoms with Gasteiger partial charge in [-0.25, -0.2) is 9.50 Å². The molecule has 1 aliphatic rings. The summed E-state index contributed by atoms with van der Waals surface area (Å²) in [6.07, 6.45) is 3.89. The Balaban J connectivity index is 1.68. The van der Waals surface area contributed by atoms with E-state index in [1.54, 1.807) is 4.52 Å². The molecule has 22 heavy (non-hydrogen) atoms. The zero-order valence-corrected chi connectivity index (χ0v) is 12.9. The molecule has 118 valence electrons. The number of fused-ring (bicyclic) bond motifs is 1. The third-order valence-electron chi connectivity index (χ3n) is 4.24. The first-order valence-corrected chi connectivity index (χ1v) is 7.72. The topological polar surface area (TPSA) is 92.4 Å². The molecule has 2 heterocycles. The van der Waals surface area contributed by atoms with Gasteiger partial charge in [0.05, 0.1) is 6.10 Å². The Morgan fingerprint density at radius 1 is 1.41 bits per heavy atom. The number of aromatic nitrogens is 4. The first-order chi connectivity index (χ1) is 10.5. The molecule has 7 nitrogen and oxygen atoms in total. The number of hydrogen-bond acceptors (Lipinski definition) is 5. The first kappa shape index (κ1) is 14.9. The molecule has 0 saturated heterocycles. The highest BCUT2D eigenvalue weighted by atomic mass is 16.3. The van der Waals surface area contributed by atoms with Gasteiger partial charge in [-0.05, 0) is 38.7 Å². The number of aliphatic hydroxyl groups excluding tert-OH is 1. The van der Waals surface area contributed by atoms with Gasteiger partial charge in [0.1, 0.15) is 0 Å². The smallest absolute Gasteiger partial charge is 0.291 e. The average molecular weight is 303 g/mol. The van der Waals surface area contributed by atoms with Gasteiger partial charge in [-0.1, -0.05) is 12.8 Å². The van der Waals surface area contributed by atoms with Crippen LogP contribution in [0.2, 0.25) is 0 Å². The Hall–Kier alpha value is -2.02. The number of amides is 1. The molecule has 0 spiro atoms. The van der Waals surface area contributed by atoms with Gasteiger partial charge in [-0.3, -0.25) is 4.79 Å². The maximum Gasteiger partial charge on any atom is 0.291 e. The summed E-state index contributed by atoms with van der Waals surface area (Å²) in [5.74, 6) is 0.416. The summed E-state index contributed by atoms with van der Waals surface area (Å²) in [6.45, 7) is 4.01. The van der Waals surface area contributed by atoms with Crippen molar-refractivity contribution in [2.75, 3.05) is 6.54 Å². The molecule has 1 unspecified atom stereocenters. The summed E-state index contributed by atoms with van der Waals surface area (Å²) < 4.78 is 1.55. The van der Waals surface area contributed by atoms with Crippen LogP contribution in [0.1, 0.15) is 47.7 Å². The Morgan fingerprint density at radius 2 is 2.14 bits per heavy atom. The lowest BCUT2D eigenvalue weighted by atomic mass is 10.0. The van der Waals surface area contributed by atoms with E-state index in [0.717, 1.165) is 37.1 Å². The molecule has 3 rings (SSSR count). The van der Waals surface area contributed by atoms with Gasteiger partial charge in [0, 0.05) is 17.9 Å². The Morgan fingerprint density at radius 3 is 2.86 bits per heavy atom. The van der Waals surface area contributed by atoms with Crippen LogP contribution in [0.3, 0.4) is 0 Å². The van der Waals surface area contributed by atoms with Crippen molar-refractivity contribution in [1.29, 1.82) is 0 Å². The highest BCUT2D eigenvalue weighted by Gasteiger charge is 2.24. The van der Waals surface area contributed by atoms with E-state index in [1.165, 1.54) is 0 Å². The van der Waals surface area contributed by atoms with Crippen LogP contribution in [-0.4, -0.2) is 43.2 Å². The molecule has 1 aliphatic carbocycles. The second-order valence-corrected chi connectivity index (χ2v) is 6.01. The monoisotopic (exact) mass is 303 g/mol. The molecule has 1 fully saturated rings.